The zero-order chi connectivity index (χ0) is 27.0. The number of hydrogen-bond acceptors (Lipinski definition) is 4. The van der Waals surface area contributed by atoms with Crippen molar-refractivity contribution in [2.75, 3.05) is 45.6 Å². The minimum absolute atomic E-state index is 0.0386. The minimum atomic E-state index is -0.838. The molecular formula is C29H35Cl2FN4O2. The first-order valence-corrected chi connectivity index (χ1v) is 14.2. The van der Waals surface area contributed by atoms with Gasteiger partial charge in [0.2, 0.25) is 5.91 Å². The van der Waals surface area contributed by atoms with Crippen LogP contribution in [-0.4, -0.2) is 78.9 Å². The number of anilines is 1. The number of rotatable bonds is 6. The van der Waals surface area contributed by atoms with E-state index in [2.05, 4.69) is 10.2 Å². The minimum Gasteiger partial charge on any atom is -0.380 e. The van der Waals surface area contributed by atoms with Gasteiger partial charge in [0.05, 0.1) is 22.0 Å². The van der Waals surface area contributed by atoms with E-state index in [-0.39, 0.29) is 17.6 Å². The third-order valence-electron chi connectivity index (χ3n) is 8.46. The van der Waals surface area contributed by atoms with Gasteiger partial charge < -0.3 is 15.1 Å². The second-order valence-corrected chi connectivity index (χ2v) is 11.9. The van der Waals surface area contributed by atoms with Gasteiger partial charge >= 0.3 is 0 Å². The fraction of sp³-hybridized carbons (Fsp3) is 0.517. The van der Waals surface area contributed by atoms with Crippen molar-refractivity contribution in [2.45, 2.75) is 56.0 Å². The molecule has 0 aromatic heterocycles. The summed E-state index contributed by atoms with van der Waals surface area (Å²) in [5, 5.41) is 4.32. The van der Waals surface area contributed by atoms with Crippen LogP contribution in [0.3, 0.4) is 0 Å². The molecule has 1 aliphatic carbocycles. The van der Waals surface area contributed by atoms with Crippen LogP contribution in [-0.2, 0) is 10.2 Å². The molecule has 2 aromatic carbocycles. The van der Waals surface area contributed by atoms with Crippen LogP contribution in [0.25, 0.3) is 0 Å². The lowest BCUT2D eigenvalue weighted by atomic mass is 9.76. The quantitative estimate of drug-likeness (QED) is 0.511. The number of halogens is 3. The molecule has 0 atom stereocenters. The van der Waals surface area contributed by atoms with Crippen molar-refractivity contribution in [1.82, 2.24) is 14.7 Å². The van der Waals surface area contributed by atoms with E-state index in [4.69, 9.17) is 23.2 Å². The maximum Gasteiger partial charge on any atom is 0.254 e. The van der Waals surface area contributed by atoms with Crippen molar-refractivity contribution in [2.24, 2.45) is 0 Å². The predicted octanol–water partition coefficient (Wildman–Crippen LogP) is 5.43. The Morgan fingerprint density at radius 3 is 2.32 bits per heavy atom. The summed E-state index contributed by atoms with van der Waals surface area (Å²) in [4.78, 5) is 31.9. The third-order valence-corrected chi connectivity index (χ3v) is 9.09. The third kappa shape index (κ3) is 5.13. The molecule has 204 valence electrons. The van der Waals surface area contributed by atoms with Crippen LogP contribution < -0.4 is 5.32 Å². The fourth-order valence-corrected chi connectivity index (χ4v) is 7.00. The van der Waals surface area contributed by atoms with Crippen LogP contribution in [0.1, 0.15) is 54.4 Å². The maximum atomic E-state index is 14.9. The van der Waals surface area contributed by atoms with Gasteiger partial charge in [-0.05, 0) is 56.0 Å². The number of nitrogens with zero attached hydrogens (tertiary/aromatic N) is 3. The Hall–Kier alpha value is -2.35. The highest BCUT2D eigenvalue weighted by atomic mass is 35.5. The highest BCUT2D eigenvalue weighted by Crippen LogP contribution is 2.46. The van der Waals surface area contributed by atoms with E-state index < -0.39 is 5.41 Å². The Bertz CT molecular complexity index is 1180. The lowest BCUT2D eigenvalue weighted by Gasteiger charge is -2.48. The number of carbonyl (C=O) groups is 2. The fourth-order valence-electron chi connectivity index (χ4n) is 6.40. The van der Waals surface area contributed by atoms with Gasteiger partial charge in [-0.25, -0.2) is 4.39 Å². The molecule has 38 heavy (non-hydrogen) atoms. The number of nitrogens with one attached hydrogen (secondary N) is 1. The topological polar surface area (TPSA) is 55.9 Å². The van der Waals surface area contributed by atoms with Gasteiger partial charge in [-0.3, -0.25) is 14.5 Å². The molecule has 2 aromatic rings. The van der Waals surface area contributed by atoms with Crippen molar-refractivity contribution >= 4 is 40.7 Å². The average molecular weight is 562 g/mol. The first kappa shape index (κ1) is 27.2. The number of likely N-dealkylation sites (tertiary alicyclic amines) is 2. The molecular weight excluding hydrogens is 526 g/mol. The molecule has 0 spiro atoms. The zero-order valence-corrected chi connectivity index (χ0v) is 23.5. The molecule has 9 heteroatoms. The van der Waals surface area contributed by atoms with Crippen molar-refractivity contribution in [3.05, 3.63) is 63.4 Å². The van der Waals surface area contributed by atoms with Crippen LogP contribution in [0.5, 0.6) is 0 Å². The summed E-state index contributed by atoms with van der Waals surface area (Å²) in [7, 11) is 3.42. The van der Waals surface area contributed by atoms with Crippen molar-refractivity contribution in [3.63, 3.8) is 0 Å². The maximum absolute atomic E-state index is 14.9. The van der Waals surface area contributed by atoms with E-state index in [9.17, 15) is 14.0 Å². The molecule has 3 fully saturated rings. The standard InChI is InChI=1S/C29H35Cl2FN4O2/c1-34(2)27(37)22-9-8-19(16-24(22)31)33-20-17-36(18-20)21-10-14-35(15-11-21)28(38)29(12-3-4-13-29)26-23(30)6-5-7-25(26)32/h5-9,16,20-21,33H,3-4,10-15,17-18H2,1-2H3. The predicted molar refractivity (Wildman–Crippen MR) is 150 cm³/mol. The van der Waals surface area contributed by atoms with Gasteiger partial charge in [0, 0.05) is 62.6 Å². The smallest absolute Gasteiger partial charge is 0.254 e. The molecule has 2 aliphatic heterocycles. The summed E-state index contributed by atoms with van der Waals surface area (Å²) < 4.78 is 14.9. The largest absolute Gasteiger partial charge is 0.380 e. The Morgan fingerprint density at radius 2 is 1.71 bits per heavy atom. The van der Waals surface area contributed by atoms with E-state index in [1.54, 1.807) is 32.3 Å². The van der Waals surface area contributed by atoms with Gasteiger partial charge in [0.1, 0.15) is 5.82 Å². The zero-order valence-electron chi connectivity index (χ0n) is 22.0. The Balaban J connectivity index is 1.15. The van der Waals surface area contributed by atoms with Gasteiger partial charge in [-0.2, -0.15) is 0 Å². The van der Waals surface area contributed by atoms with Gasteiger partial charge in [0.25, 0.3) is 5.91 Å². The molecule has 6 nitrogen and oxygen atoms in total. The number of hydrogen-bond donors (Lipinski definition) is 1. The first-order valence-electron chi connectivity index (χ1n) is 13.5. The van der Waals surface area contributed by atoms with Crippen LogP contribution in [0, 0.1) is 5.82 Å². The van der Waals surface area contributed by atoms with E-state index in [1.807, 2.05) is 17.0 Å². The molecule has 0 bridgehead atoms. The van der Waals surface area contributed by atoms with Crippen LogP contribution in [0.15, 0.2) is 36.4 Å². The second-order valence-electron chi connectivity index (χ2n) is 11.1. The summed E-state index contributed by atoms with van der Waals surface area (Å²) in [6.07, 6.45) is 4.95. The molecule has 1 N–H and O–H groups in total. The summed E-state index contributed by atoms with van der Waals surface area (Å²) >= 11 is 12.8. The number of amides is 2. The average Bonchev–Trinajstić information content (AvgIpc) is 3.36. The van der Waals surface area contributed by atoms with Gasteiger partial charge in [-0.1, -0.05) is 42.1 Å². The summed E-state index contributed by atoms with van der Waals surface area (Å²) in [6.45, 7) is 3.21. The molecule has 0 radical (unpaired) electrons. The molecule has 2 amide bonds. The number of carbonyl (C=O) groups excluding carboxylic acids is 2. The molecule has 3 aliphatic rings. The van der Waals surface area contributed by atoms with Gasteiger partial charge in [-0.15, -0.1) is 0 Å². The number of piperidine rings is 1. The second kappa shape index (κ2) is 11.0. The highest BCUT2D eigenvalue weighted by Gasteiger charge is 2.48. The Kier molecular flexibility index (Phi) is 7.90. The lowest BCUT2D eigenvalue weighted by Crippen LogP contribution is -2.61. The monoisotopic (exact) mass is 560 g/mol. The van der Waals surface area contributed by atoms with Crippen molar-refractivity contribution < 1.29 is 14.0 Å². The van der Waals surface area contributed by atoms with Gasteiger partial charge in [0.15, 0.2) is 0 Å². The van der Waals surface area contributed by atoms with E-state index in [0.29, 0.717) is 59.2 Å². The summed E-state index contributed by atoms with van der Waals surface area (Å²) in [5.41, 5.74) is 0.955. The van der Waals surface area contributed by atoms with E-state index >= 15 is 0 Å². The molecule has 0 unspecified atom stereocenters. The molecule has 5 rings (SSSR count). The molecule has 2 saturated heterocycles. The highest BCUT2D eigenvalue weighted by molar-refractivity contribution is 6.34. The van der Waals surface area contributed by atoms with Crippen molar-refractivity contribution in [3.8, 4) is 0 Å². The first-order chi connectivity index (χ1) is 18.2. The Morgan fingerprint density at radius 1 is 1.03 bits per heavy atom. The molecule has 1 saturated carbocycles. The molecule has 2 heterocycles. The summed E-state index contributed by atoms with van der Waals surface area (Å²) in [6, 6.07) is 10.9. The lowest BCUT2D eigenvalue weighted by molar-refractivity contribution is -0.139. The van der Waals surface area contributed by atoms with Crippen LogP contribution >= 0.6 is 23.2 Å². The summed E-state index contributed by atoms with van der Waals surface area (Å²) in [5.74, 6) is -0.448. The SMILES string of the molecule is CN(C)C(=O)c1ccc(NC2CN(C3CCN(C(=O)C4(c5c(F)cccc5Cl)CCCC4)CC3)C2)cc1Cl. The normalized spacial score (nSPS) is 20.3. The van der Waals surface area contributed by atoms with E-state index in [0.717, 1.165) is 44.5 Å². The van der Waals surface area contributed by atoms with Crippen molar-refractivity contribution in [1.29, 1.82) is 0 Å². The van der Waals surface area contributed by atoms with Crippen LogP contribution in [0.2, 0.25) is 10.0 Å². The number of benzene rings is 2. The Labute approximate surface area is 234 Å². The van der Waals surface area contributed by atoms with E-state index in [1.165, 1.54) is 11.0 Å². The van der Waals surface area contributed by atoms with Crippen LogP contribution in [0.4, 0.5) is 10.1 Å².